The normalized spacial score (nSPS) is 14.4. The van der Waals surface area contributed by atoms with Crippen LogP contribution in [0.4, 0.5) is 0 Å². The maximum Gasteiger partial charge on any atom is -0.0354 e. The predicted octanol–water partition coefficient (Wildman–Crippen LogP) is 5.42. The molecule has 14 heavy (non-hydrogen) atoms. The Hall–Kier alpha value is 0. The SMILES string of the molecule is CCCCCC(CCCC)C(C)(C)C. The van der Waals surface area contributed by atoms with Crippen LogP contribution in [-0.2, 0) is 0 Å². The lowest BCUT2D eigenvalue weighted by Crippen LogP contribution is -2.20. The quantitative estimate of drug-likeness (QED) is 0.479. The third-order valence-electron chi connectivity index (χ3n) is 3.29. The van der Waals surface area contributed by atoms with Gasteiger partial charge in [0, 0.05) is 0 Å². The first-order valence-corrected chi connectivity index (χ1v) is 6.52. The zero-order valence-corrected chi connectivity index (χ0v) is 11.0. The van der Waals surface area contributed by atoms with Crippen molar-refractivity contribution in [1.29, 1.82) is 0 Å². The van der Waals surface area contributed by atoms with Gasteiger partial charge in [-0.3, -0.25) is 0 Å². The van der Waals surface area contributed by atoms with Crippen LogP contribution >= 0.6 is 0 Å². The van der Waals surface area contributed by atoms with Crippen LogP contribution in [0.1, 0.15) is 79.6 Å². The molecule has 0 aliphatic rings. The lowest BCUT2D eigenvalue weighted by molar-refractivity contribution is 0.202. The number of hydrogen-bond acceptors (Lipinski definition) is 0. The molecule has 0 aliphatic carbocycles. The van der Waals surface area contributed by atoms with Crippen molar-refractivity contribution in [3.63, 3.8) is 0 Å². The van der Waals surface area contributed by atoms with Gasteiger partial charge in [0.25, 0.3) is 0 Å². The molecule has 0 aromatic heterocycles. The summed E-state index contributed by atoms with van der Waals surface area (Å²) in [6.45, 7) is 11.8. The van der Waals surface area contributed by atoms with E-state index in [0.29, 0.717) is 5.41 Å². The highest BCUT2D eigenvalue weighted by Crippen LogP contribution is 2.34. The van der Waals surface area contributed by atoms with Gasteiger partial charge in [-0.25, -0.2) is 0 Å². The van der Waals surface area contributed by atoms with Crippen LogP contribution in [0.5, 0.6) is 0 Å². The molecular formula is C14H30. The van der Waals surface area contributed by atoms with Crippen molar-refractivity contribution in [3.05, 3.63) is 0 Å². The van der Waals surface area contributed by atoms with Crippen LogP contribution in [0.15, 0.2) is 0 Å². The minimum Gasteiger partial charge on any atom is -0.0654 e. The lowest BCUT2D eigenvalue weighted by atomic mass is 9.75. The molecule has 0 heteroatoms. The molecule has 0 aromatic carbocycles. The van der Waals surface area contributed by atoms with Gasteiger partial charge in [0.1, 0.15) is 0 Å². The Morgan fingerprint density at radius 1 is 0.786 bits per heavy atom. The molecule has 0 saturated heterocycles. The molecule has 1 unspecified atom stereocenters. The fraction of sp³-hybridized carbons (Fsp3) is 1.00. The molecule has 0 amide bonds. The molecule has 0 N–H and O–H groups in total. The summed E-state index contributed by atoms with van der Waals surface area (Å²) in [5.74, 6) is 0.939. The van der Waals surface area contributed by atoms with Gasteiger partial charge in [0.05, 0.1) is 0 Å². The zero-order chi connectivity index (χ0) is 11.0. The van der Waals surface area contributed by atoms with Crippen molar-refractivity contribution in [2.24, 2.45) is 11.3 Å². The summed E-state index contributed by atoms with van der Waals surface area (Å²) in [4.78, 5) is 0. The molecule has 0 bridgehead atoms. The molecular weight excluding hydrogens is 168 g/mol. The molecule has 0 aromatic rings. The van der Waals surface area contributed by atoms with Crippen molar-refractivity contribution in [3.8, 4) is 0 Å². The van der Waals surface area contributed by atoms with Gasteiger partial charge in [-0.15, -0.1) is 0 Å². The average molecular weight is 198 g/mol. The minimum atomic E-state index is 0.517. The number of rotatable bonds is 7. The van der Waals surface area contributed by atoms with E-state index < -0.39 is 0 Å². The highest BCUT2D eigenvalue weighted by molar-refractivity contribution is 4.73. The molecule has 0 saturated carbocycles. The third-order valence-corrected chi connectivity index (χ3v) is 3.29. The first-order valence-electron chi connectivity index (χ1n) is 6.52. The first kappa shape index (κ1) is 14.0. The monoisotopic (exact) mass is 198 g/mol. The molecule has 86 valence electrons. The number of unbranched alkanes of at least 4 members (excludes halogenated alkanes) is 3. The van der Waals surface area contributed by atoms with Gasteiger partial charge >= 0.3 is 0 Å². The molecule has 0 spiro atoms. The molecule has 0 nitrogen and oxygen atoms in total. The summed E-state index contributed by atoms with van der Waals surface area (Å²) in [7, 11) is 0. The third kappa shape index (κ3) is 6.45. The Morgan fingerprint density at radius 2 is 1.29 bits per heavy atom. The zero-order valence-electron chi connectivity index (χ0n) is 11.0. The predicted molar refractivity (Wildman–Crippen MR) is 66.6 cm³/mol. The molecule has 0 rings (SSSR count). The lowest BCUT2D eigenvalue weighted by Gasteiger charge is -2.31. The summed E-state index contributed by atoms with van der Waals surface area (Å²) in [6.07, 6.45) is 9.83. The van der Waals surface area contributed by atoms with Gasteiger partial charge in [0.2, 0.25) is 0 Å². The maximum absolute atomic E-state index is 2.40. The molecule has 1 atom stereocenters. The summed E-state index contributed by atoms with van der Waals surface area (Å²) >= 11 is 0. The van der Waals surface area contributed by atoms with Crippen LogP contribution in [0.3, 0.4) is 0 Å². The van der Waals surface area contributed by atoms with Gasteiger partial charge in [-0.1, -0.05) is 66.7 Å². The summed E-state index contributed by atoms with van der Waals surface area (Å²) in [5.41, 5.74) is 0.517. The molecule has 0 heterocycles. The van der Waals surface area contributed by atoms with E-state index in [1.54, 1.807) is 0 Å². The van der Waals surface area contributed by atoms with E-state index in [0.717, 1.165) is 5.92 Å². The van der Waals surface area contributed by atoms with Crippen LogP contribution in [0.2, 0.25) is 0 Å². The Bertz CT molecular complexity index is 118. The fourth-order valence-corrected chi connectivity index (χ4v) is 2.10. The van der Waals surface area contributed by atoms with E-state index in [1.165, 1.54) is 44.9 Å². The number of hydrogen-bond donors (Lipinski definition) is 0. The molecule has 0 fully saturated rings. The minimum absolute atomic E-state index is 0.517. The largest absolute Gasteiger partial charge is 0.0654 e. The Kier molecular flexibility index (Phi) is 7.31. The van der Waals surface area contributed by atoms with E-state index in [1.807, 2.05) is 0 Å². The first-order chi connectivity index (χ1) is 6.52. The van der Waals surface area contributed by atoms with Gasteiger partial charge in [-0.2, -0.15) is 0 Å². The van der Waals surface area contributed by atoms with Crippen LogP contribution < -0.4 is 0 Å². The van der Waals surface area contributed by atoms with E-state index in [9.17, 15) is 0 Å². The maximum atomic E-state index is 2.40. The second-order valence-corrected chi connectivity index (χ2v) is 5.70. The summed E-state index contributed by atoms with van der Waals surface area (Å²) < 4.78 is 0. The second kappa shape index (κ2) is 7.31. The van der Waals surface area contributed by atoms with Crippen molar-refractivity contribution < 1.29 is 0 Å². The van der Waals surface area contributed by atoms with E-state index in [-0.39, 0.29) is 0 Å². The average Bonchev–Trinajstić information content (AvgIpc) is 2.09. The van der Waals surface area contributed by atoms with Gasteiger partial charge in [-0.05, 0) is 24.2 Å². The molecule has 0 radical (unpaired) electrons. The van der Waals surface area contributed by atoms with Crippen molar-refractivity contribution in [1.82, 2.24) is 0 Å². The smallest absolute Gasteiger partial charge is 0.0354 e. The standard InChI is InChI=1S/C14H30/c1-6-8-10-12-13(11-9-7-2)14(3,4)5/h13H,6-12H2,1-5H3. The van der Waals surface area contributed by atoms with Crippen molar-refractivity contribution in [2.45, 2.75) is 79.6 Å². The Labute approximate surface area is 91.5 Å². The van der Waals surface area contributed by atoms with E-state index in [2.05, 4.69) is 34.6 Å². The van der Waals surface area contributed by atoms with Crippen LogP contribution in [-0.4, -0.2) is 0 Å². The summed E-state index contributed by atoms with van der Waals surface area (Å²) in [5, 5.41) is 0. The van der Waals surface area contributed by atoms with Crippen LogP contribution in [0.25, 0.3) is 0 Å². The topological polar surface area (TPSA) is 0 Å². The van der Waals surface area contributed by atoms with Gasteiger partial charge in [0.15, 0.2) is 0 Å². The highest BCUT2D eigenvalue weighted by Gasteiger charge is 2.22. The van der Waals surface area contributed by atoms with Crippen molar-refractivity contribution in [2.75, 3.05) is 0 Å². The highest BCUT2D eigenvalue weighted by atomic mass is 14.3. The molecule has 0 aliphatic heterocycles. The van der Waals surface area contributed by atoms with E-state index in [4.69, 9.17) is 0 Å². The fourth-order valence-electron chi connectivity index (χ4n) is 2.10. The second-order valence-electron chi connectivity index (χ2n) is 5.70. The van der Waals surface area contributed by atoms with Crippen LogP contribution in [0, 0.1) is 11.3 Å². The Balaban J connectivity index is 3.85. The Morgan fingerprint density at radius 3 is 1.71 bits per heavy atom. The van der Waals surface area contributed by atoms with Gasteiger partial charge < -0.3 is 0 Å². The van der Waals surface area contributed by atoms with Crippen molar-refractivity contribution >= 4 is 0 Å². The van der Waals surface area contributed by atoms with E-state index >= 15 is 0 Å². The summed E-state index contributed by atoms with van der Waals surface area (Å²) in [6, 6.07) is 0.